The van der Waals surface area contributed by atoms with Crippen LogP contribution in [-0.2, 0) is 19.4 Å². The summed E-state index contributed by atoms with van der Waals surface area (Å²) in [6, 6.07) is 18.8. The minimum atomic E-state index is -0.537. The molecule has 0 saturated heterocycles. The molecule has 6 heteroatoms. The van der Waals surface area contributed by atoms with Crippen molar-refractivity contribution in [2.75, 3.05) is 13.1 Å². The Morgan fingerprint density at radius 1 is 1.00 bits per heavy atom. The summed E-state index contributed by atoms with van der Waals surface area (Å²) in [5, 5.41) is 20.7. The molecule has 0 amide bonds. The summed E-state index contributed by atoms with van der Waals surface area (Å²) in [6.07, 6.45) is 3.69. The predicted octanol–water partition coefficient (Wildman–Crippen LogP) is 5.64. The van der Waals surface area contributed by atoms with E-state index in [-0.39, 0.29) is 23.5 Å². The van der Waals surface area contributed by atoms with Gasteiger partial charge in [-0.2, -0.15) is 0 Å². The number of hydrogen-bond donors (Lipinski definition) is 2. The van der Waals surface area contributed by atoms with E-state index in [9.17, 15) is 19.0 Å². The van der Waals surface area contributed by atoms with Gasteiger partial charge in [-0.15, -0.1) is 0 Å². The van der Waals surface area contributed by atoms with E-state index in [1.807, 2.05) is 18.2 Å². The number of halogens is 2. The van der Waals surface area contributed by atoms with Crippen molar-refractivity contribution >= 4 is 0 Å². The Labute approximate surface area is 205 Å². The minimum Gasteiger partial charge on any atom is -0.508 e. The van der Waals surface area contributed by atoms with Crippen molar-refractivity contribution in [3.05, 3.63) is 95.1 Å². The van der Waals surface area contributed by atoms with Gasteiger partial charge in [0, 0.05) is 19.6 Å². The Bertz CT molecular complexity index is 1090. The highest BCUT2D eigenvalue weighted by molar-refractivity contribution is 5.36. The van der Waals surface area contributed by atoms with Crippen LogP contribution in [0.2, 0.25) is 0 Å². The molecule has 1 heterocycles. The number of hydrogen-bond acceptors (Lipinski definition) is 4. The lowest BCUT2D eigenvalue weighted by Gasteiger charge is -2.30. The van der Waals surface area contributed by atoms with Crippen LogP contribution in [0.4, 0.5) is 8.78 Å². The van der Waals surface area contributed by atoms with Gasteiger partial charge in [0.15, 0.2) is 0 Å². The fraction of sp³-hybridized carbons (Fsp3) is 0.379. The lowest BCUT2D eigenvalue weighted by atomic mass is 10.00. The molecule has 1 aliphatic heterocycles. The molecule has 1 unspecified atom stereocenters. The summed E-state index contributed by atoms with van der Waals surface area (Å²) < 4.78 is 33.1. The number of aryl methyl sites for hydroxylation is 2. The van der Waals surface area contributed by atoms with Gasteiger partial charge in [-0.05, 0) is 91.6 Å². The Hall–Kier alpha value is -2.96. The molecule has 0 aromatic heterocycles. The standard InChI is InChI=1S/C29H33F2NO3/c30-24-10-13-28(34)22(17-24)7-4-8-26(33)20-32(19-21-5-2-1-3-6-21)16-15-27-12-9-23-18-25(31)11-14-29(23)35-27/h1-3,5-6,10-11,13-14,17-18,26-27,33-34H,4,7-9,12,15-16,19-20H2/t26?,27-/m1/s1. The van der Waals surface area contributed by atoms with Crippen LogP contribution < -0.4 is 4.74 Å². The Morgan fingerprint density at radius 3 is 2.60 bits per heavy atom. The van der Waals surface area contributed by atoms with E-state index in [0.717, 1.165) is 43.7 Å². The van der Waals surface area contributed by atoms with E-state index < -0.39 is 6.10 Å². The predicted molar refractivity (Wildman–Crippen MR) is 132 cm³/mol. The molecular weight excluding hydrogens is 448 g/mol. The molecule has 0 radical (unpaired) electrons. The van der Waals surface area contributed by atoms with Crippen LogP contribution in [0.1, 0.15) is 42.4 Å². The van der Waals surface area contributed by atoms with Gasteiger partial charge in [-0.3, -0.25) is 4.90 Å². The first-order chi connectivity index (χ1) is 17.0. The van der Waals surface area contributed by atoms with E-state index in [1.165, 1.54) is 29.8 Å². The van der Waals surface area contributed by atoms with Crippen molar-refractivity contribution in [2.24, 2.45) is 0 Å². The average Bonchev–Trinajstić information content (AvgIpc) is 2.85. The maximum Gasteiger partial charge on any atom is 0.123 e. The number of aliphatic hydroxyl groups excluding tert-OH is 1. The molecule has 0 spiro atoms. The van der Waals surface area contributed by atoms with Crippen LogP contribution >= 0.6 is 0 Å². The molecule has 4 rings (SSSR count). The molecule has 3 aromatic rings. The summed E-state index contributed by atoms with van der Waals surface area (Å²) in [7, 11) is 0. The molecule has 2 N–H and O–H groups in total. The van der Waals surface area contributed by atoms with E-state index in [2.05, 4.69) is 17.0 Å². The van der Waals surface area contributed by atoms with Crippen molar-refractivity contribution in [3.63, 3.8) is 0 Å². The smallest absolute Gasteiger partial charge is 0.123 e. The molecule has 0 bridgehead atoms. The van der Waals surface area contributed by atoms with Gasteiger partial charge in [0.1, 0.15) is 29.2 Å². The summed E-state index contributed by atoms with van der Waals surface area (Å²) >= 11 is 0. The number of phenols is 1. The van der Waals surface area contributed by atoms with Gasteiger partial charge in [-0.25, -0.2) is 8.78 Å². The van der Waals surface area contributed by atoms with Gasteiger partial charge < -0.3 is 14.9 Å². The maximum atomic E-state index is 13.5. The zero-order valence-corrected chi connectivity index (χ0v) is 19.9. The SMILES string of the molecule is Oc1ccc(F)cc1CCCC(O)CN(CC[C@H]1CCc2cc(F)ccc2O1)Cc1ccccc1. The molecule has 3 aromatic carbocycles. The number of phenolic OH excluding ortho intramolecular Hbond substituents is 1. The van der Waals surface area contributed by atoms with Crippen LogP contribution in [-0.4, -0.2) is 40.4 Å². The van der Waals surface area contributed by atoms with Crippen LogP contribution in [0.15, 0.2) is 66.7 Å². The minimum absolute atomic E-state index is 0.0549. The van der Waals surface area contributed by atoms with Crippen molar-refractivity contribution in [1.29, 1.82) is 0 Å². The third kappa shape index (κ3) is 7.51. The lowest BCUT2D eigenvalue weighted by molar-refractivity contribution is 0.0845. The fourth-order valence-electron chi connectivity index (χ4n) is 4.69. The second-order valence-corrected chi connectivity index (χ2v) is 9.36. The number of aliphatic hydroxyl groups is 1. The van der Waals surface area contributed by atoms with Gasteiger partial charge in [0.05, 0.1) is 6.10 Å². The van der Waals surface area contributed by atoms with E-state index in [4.69, 9.17) is 4.74 Å². The fourth-order valence-corrected chi connectivity index (χ4v) is 4.69. The first-order valence-electron chi connectivity index (χ1n) is 12.3. The number of rotatable bonds is 11. The number of nitrogens with zero attached hydrogens (tertiary/aromatic N) is 1. The first-order valence-corrected chi connectivity index (χ1v) is 12.3. The second kappa shape index (κ2) is 12.1. The summed E-state index contributed by atoms with van der Waals surface area (Å²) in [5.41, 5.74) is 2.66. The molecule has 0 aliphatic carbocycles. The molecule has 0 saturated carbocycles. The van der Waals surface area contributed by atoms with Gasteiger partial charge in [0.2, 0.25) is 0 Å². The van der Waals surface area contributed by atoms with E-state index >= 15 is 0 Å². The normalized spacial score (nSPS) is 16.1. The zero-order chi connectivity index (χ0) is 24.6. The topological polar surface area (TPSA) is 52.9 Å². The first kappa shape index (κ1) is 25.1. The number of aromatic hydroxyl groups is 1. The van der Waals surface area contributed by atoms with Crippen molar-refractivity contribution < 1.29 is 23.7 Å². The molecule has 4 nitrogen and oxygen atoms in total. The molecule has 2 atom stereocenters. The molecule has 186 valence electrons. The van der Waals surface area contributed by atoms with Gasteiger partial charge >= 0.3 is 0 Å². The van der Waals surface area contributed by atoms with Crippen molar-refractivity contribution in [2.45, 2.75) is 57.3 Å². The summed E-state index contributed by atoms with van der Waals surface area (Å²) in [6.45, 7) is 1.99. The van der Waals surface area contributed by atoms with Crippen LogP contribution in [0.25, 0.3) is 0 Å². The monoisotopic (exact) mass is 481 g/mol. The van der Waals surface area contributed by atoms with E-state index in [0.29, 0.717) is 31.4 Å². The summed E-state index contributed by atoms with van der Waals surface area (Å²) in [4.78, 5) is 2.24. The highest BCUT2D eigenvalue weighted by atomic mass is 19.1. The number of fused-ring (bicyclic) bond motifs is 1. The largest absolute Gasteiger partial charge is 0.508 e. The Balaban J connectivity index is 1.31. The van der Waals surface area contributed by atoms with Gasteiger partial charge in [0.25, 0.3) is 0 Å². The maximum absolute atomic E-state index is 13.5. The summed E-state index contributed by atoms with van der Waals surface area (Å²) in [5.74, 6) is 0.243. The Kier molecular flexibility index (Phi) is 8.72. The number of ether oxygens (including phenoxy) is 1. The highest BCUT2D eigenvalue weighted by Crippen LogP contribution is 2.29. The van der Waals surface area contributed by atoms with Crippen LogP contribution in [0.5, 0.6) is 11.5 Å². The van der Waals surface area contributed by atoms with Crippen molar-refractivity contribution in [1.82, 2.24) is 4.90 Å². The average molecular weight is 482 g/mol. The lowest BCUT2D eigenvalue weighted by Crippen LogP contribution is -2.36. The third-order valence-electron chi connectivity index (χ3n) is 6.56. The van der Waals surface area contributed by atoms with Crippen molar-refractivity contribution in [3.8, 4) is 11.5 Å². The second-order valence-electron chi connectivity index (χ2n) is 9.36. The van der Waals surface area contributed by atoms with Gasteiger partial charge in [-0.1, -0.05) is 30.3 Å². The van der Waals surface area contributed by atoms with Crippen LogP contribution in [0.3, 0.4) is 0 Å². The quantitative estimate of drug-likeness (QED) is 0.372. The van der Waals surface area contributed by atoms with Crippen LogP contribution in [0, 0.1) is 11.6 Å². The molecule has 0 fully saturated rings. The third-order valence-corrected chi connectivity index (χ3v) is 6.56. The highest BCUT2D eigenvalue weighted by Gasteiger charge is 2.22. The zero-order valence-electron chi connectivity index (χ0n) is 19.9. The Morgan fingerprint density at radius 2 is 1.77 bits per heavy atom. The molecule has 1 aliphatic rings. The molecule has 35 heavy (non-hydrogen) atoms. The molecular formula is C29H33F2NO3. The number of benzene rings is 3. The van der Waals surface area contributed by atoms with E-state index in [1.54, 1.807) is 12.1 Å².